The highest BCUT2D eigenvalue weighted by Gasteiger charge is 2.44. The number of hydrogen-bond acceptors (Lipinski definition) is 7. The number of carbonyl (C=O) groups is 4. The maximum Gasteiger partial charge on any atom is 0.328 e. The van der Waals surface area contributed by atoms with E-state index in [0.717, 1.165) is 18.5 Å². The van der Waals surface area contributed by atoms with Gasteiger partial charge in [-0.1, -0.05) is 19.9 Å². The van der Waals surface area contributed by atoms with Crippen molar-refractivity contribution in [2.24, 2.45) is 11.8 Å². The summed E-state index contributed by atoms with van der Waals surface area (Å²) >= 11 is 0. The van der Waals surface area contributed by atoms with Gasteiger partial charge in [-0.25, -0.2) is 14.0 Å². The number of benzene rings is 1. The van der Waals surface area contributed by atoms with Crippen LogP contribution in [-0.2, 0) is 23.9 Å². The Morgan fingerprint density at radius 3 is 2.42 bits per heavy atom. The zero-order chi connectivity index (χ0) is 32.3. The molecule has 1 aromatic carbocycles. The van der Waals surface area contributed by atoms with Gasteiger partial charge in [-0.15, -0.1) is 0 Å². The number of nitrogens with zero attached hydrogens (tertiary/aromatic N) is 2. The lowest BCUT2D eigenvalue weighted by Crippen LogP contribution is -2.67. The molecule has 240 valence electrons. The predicted octanol–water partition coefficient (Wildman–Crippen LogP) is 2.82. The number of anilines is 1. The van der Waals surface area contributed by atoms with Crippen molar-refractivity contribution in [3.8, 4) is 0 Å². The molecule has 2 amide bonds. The third kappa shape index (κ3) is 11.3. The van der Waals surface area contributed by atoms with Gasteiger partial charge in [-0.2, -0.15) is 0 Å². The van der Waals surface area contributed by atoms with Crippen molar-refractivity contribution in [2.45, 2.75) is 72.0 Å². The second-order valence-electron chi connectivity index (χ2n) is 12.1. The summed E-state index contributed by atoms with van der Waals surface area (Å²) in [7, 11) is 0. The summed E-state index contributed by atoms with van der Waals surface area (Å²) in [6.45, 7) is 15.6. The molecule has 0 aromatic heterocycles. The normalized spacial score (nSPS) is 21.3. The first-order valence-corrected chi connectivity index (χ1v) is 14.7. The van der Waals surface area contributed by atoms with Crippen molar-refractivity contribution < 1.29 is 38.5 Å². The molecule has 2 saturated heterocycles. The number of halogens is 1. The Bertz CT molecular complexity index is 1140. The molecule has 2 heterocycles. The highest BCUT2D eigenvalue weighted by atomic mass is 19.1. The van der Waals surface area contributed by atoms with Crippen LogP contribution in [0.3, 0.4) is 0 Å². The molecule has 12 heteroatoms. The molecular formula is C31H47FN4O7. The summed E-state index contributed by atoms with van der Waals surface area (Å²) in [4.78, 5) is 49.4. The average molecular weight is 607 g/mol. The molecule has 0 unspecified atom stereocenters. The van der Waals surface area contributed by atoms with E-state index < -0.39 is 11.9 Å². The van der Waals surface area contributed by atoms with Gasteiger partial charge in [0, 0.05) is 55.7 Å². The average Bonchev–Trinajstić information content (AvgIpc) is 2.93. The van der Waals surface area contributed by atoms with E-state index in [4.69, 9.17) is 14.9 Å². The van der Waals surface area contributed by atoms with Crippen molar-refractivity contribution in [1.29, 1.82) is 0 Å². The van der Waals surface area contributed by atoms with Crippen LogP contribution in [0.2, 0.25) is 0 Å². The third-order valence-corrected chi connectivity index (χ3v) is 7.52. The van der Waals surface area contributed by atoms with Crippen LogP contribution in [0.4, 0.5) is 10.1 Å². The van der Waals surface area contributed by atoms with E-state index in [1.165, 1.54) is 12.1 Å². The van der Waals surface area contributed by atoms with Gasteiger partial charge in [0.2, 0.25) is 11.8 Å². The number of aryl methyl sites for hydroxylation is 1. The number of aliphatic carboxylic acids is 2. The lowest BCUT2D eigenvalue weighted by Gasteiger charge is -2.51. The monoisotopic (exact) mass is 606 g/mol. The van der Waals surface area contributed by atoms with Crippen LogP contribution in [-0.4, -0.2) is 95.9 Å². The number of carboxylic acids is 2. The molecule has 1 aromatic rings. The number of carbonyl (C=O) groups excluding carboxylic acids is 2. The lowest BCUT2D eigenvalue weighted by molar-refractivity contribution is -0.134. The largest absolute Gasteiger partial charge is 0.478 e. The number of rotatable bonds is 11. The molecule has 2 aliphatic rings. The quantitative estimate of drug-likeness (QED) is 0.279. The van der Waals surface area contributed by atoms with Gasteiger partial charge >= 0.3 is 11.9 Å². The Kier molecular flexibility index (Phi) is 13.7. The Labute approximate surface area is 253 Å². The zero-order valence-corrected chi connectivity index (χ0v) is 26.1. The summed E-state index contributed by atoms with van der Waals surface area (Å²) in [6.07, 6.45) is 2.68. The Balaban J connectivity index is 0.000000708. The Hall–Kier alpha value is -3.35. The zero-order valence-electron chi connectivity index (χ0n) is 26.1. The number of carboxylic acid groups (broad SMARTS) is 2. The van der Waals surface area contributed by atoms with Gasteiger partial charge in [-0.3, -0.25) is 14.5 Å². The molecular weight excluding hydrogens is 559 g/mol. The van der Waals surface area contributed by atoms with Crippen LogP contribution in [0, 0.1) is 24.6 Å². The fourth-order valence-electron chi connectivity index (χ4n) is 5.54. The van der Waals surface area contributed by atoms with Crippen LogP contribution >= 0.6 is 0 Å². The van der Waals surface area contributed by atoms with Crippen LogP contribution in [0.25, 0.3) is 0 Å². The number of piperazine rings is 1. The minimum atomic E-state index is -1.26. The van der Waals surface area contributed by atoms with E-state index in [0.29, 0.717) is 56.5 Å². The molecule has 0 spiro atoms. The summed E-state index contributed by atoms with van der Waals surface area (Å²) in [6, 6.07) is 4.63. The van der Waals surface area contributed by atoms with Gasteiger partial charge in [0.05, 0.1) is 25.1 Å². The second kappa shape index (κ2) is 16.5. The van der Waals surface area contributed by atoms with Gasteiger partial charge in [0.15, 0.2) is 0 Å². The van der Waals surface area contributed by atoms with Crippen LogP contribution < -0.4 is 15.5 Å². The van der Waals surface area contributed by atoms with Crippen molar-refractivity contribution in [3.63, 3.8) is 0 Å². The Morgan fingerprint density at radius 2 is 1.84 bits per heavy atom. The molecule has 0 saturated carbocycles. The lowest BCUT2D eigenvalue weighted by atomic mass is 9.88. The first-order valence-electron chi connectivity index (χ1n) is 14.7. The smallest absolute Gasteiger partial charge is 0.328 e. The van der Waals surface area contributed by atoms with E-state index in [9.17, 15) is 23.6 Å². The standard InChI is InChI=1S/C27H43FN4O3.C4H4O4/c1-7-35-16-22(10-18(2)3)30-26(34)20-11-23(14-29-13-20)32-15-25(33)31(17-27(32,5)6)24-12-21(28)9-8-19(24)4;5-3(6)1-2-4(7)8/h8-9,12,18,20,22-23,29H,7,10-11,13-17H2,1-6H3,(H,30,34);1-2H,(H,5,6)(H,7,8)/b;2-1+/t20-,22+,23+;/m0./s1. The fourth-order valence-corrected chi connectivity index (χ4v) is 5.54. The van der Waals surface area contributed by atoms with Crippen LogP contribution in [0.15, 0.2) is 30.4 Å². The van der Waals surface area contributed by atoms with Gasteiger partial charge in [0.25, 0.3) is 0 Å². The summed E-state index contributed by atoms with van der Waals surface area (Å²) in [5.41, 5.74) is 1.18. The maximum absolute atomic E-state index is 13.9. The number of piperidine rings is 1. The molecule has 0 bridgehead atoms. The minimum Gasteiger partial charge on any atom is -0.478 e. The van der Waals surface area contributed by atoms with E-state index in [2.05, 4.69) is 43.2 Å². The van der Waals surface area contributed by atoms with Gasteiger partial charge < -0.3 is 30.5 Å². The van der Waals surface area contributed by atoms with Crippen molar-refractivity contribution in [1.82, 2.24) is 15.5 Å². The highest BCUT2D eigenvalue weighted by Crippen LogP contribution is 2.32. The number of nitrogens with one attached hydrogen (secondary N) is 2. The predicted molar refractivity (Wildman–Crippen MR) is 161 cm³/mol. The van der Waals surface area contributed by atoms with Crippen molar-refractivity contribution >= 4 is 29.4 Å². The van der Waals surface area contributed by atoms with E-state index in [-0.39, 0.29) is 47.7 Å². The molecule has 2 aliphatic heterocycles. The molecule has 4 N–H and O–H groups in total. The topological polar surface area (TPSA) is 149 Å². The molecule has 3 rings (SSSR count). The summed E-state index contributed by atoms with van der Waals surface area (Å²) in [5, 5.41) is 22.3. The first kappa shape index (κ1) is 35.8. The highest BCUT2D eigenvalue weighted by molar-refractivity contribution is 5.96. The van der Waals surface area contributed by atoms with Crippen molar-refractivity contribution in [2.75, 3.05) is 44.3 Å². The van der Waals surface area contributed by atoms with Gasteiger partial charge in [-0.05, 0) is 64.2 Å². The van der Waals surface area contributed by atoms with E-state index in [1.54, 1.807) is 11.0 Å². The molecule has 43 heavy (non-hydrogen) atoms. The molecule has 3 atom stereocenters. The van der Waals surface area contributed by atoms with E-state index >= 15 is 0 Å². The van der Waals surface area contributed by atoms with Gasteiger partial charge in [0.1, 0.15) is 5.82 Å². The minimum absolute atomic E-state index is 0.00102. The SMILES string of the molecule is CCOC[C@@H](CC(C)C)NC(=O)[C@@H]1CNC[C@H](N2CC(=O)N(c3cc(F)ccc3C)CC2(C)C)C1.O=C(O)/C=C/C(=O)O. The Morgan fingerprint density at radius 1 is 1.19 bits per heavy atom. The second-order valence-corrected chi connectivity index (χ2v) is 12.1. The van der Waals surface area contributed by atoms with Crippen molar-refractivity contribution in [3.05, 3.63) is 41.7 Å². The molecule has 2 fully saturated rings. The number of hydrogen-bond donors (Lipinski definition) is 4. The molecule has 11 nitrogen and oxygen atoms in total. The van der Waals surface area contributed by atoms with Crippen LogP contribution in [0.5, 0.6) is 0 Å². The molecule has 0 radical (unpaired) electrons. The number of ether oxygens (including phenoxy) is 1. The third-order valence-electron chi connectivity index (χ3n) is 7.52. The summed E-state index contributed by atoms with van der Waals surface area (Å²) in [5.74, 6) is -2.56. The summed E-state index contributed by atoms with van der Waals surface area (Å²) < 4.78 is 19.5. The maximum atomic E-state index is 13.9. The number of amides is 2. The first-order chi connectivity index (χ1) is 20.1. The molecule has 0 aliphatic carbocycles. The fraction of sp³-hybridized carbons (Fsp3) is 0.613. The van der Waals surface area contributed by atoms with E-state index in [1.807, 2.05) is 13.8 Å². The van der Waals surface area contributed by atoms with Crippen LogP contribution in [0.1, 0.15) is 53.0 Å².